The Morgan fingerprint density at radius 2 is 1.32 bits per heavy atom. The molecule has 0 bridgehead atoms. The van der Waals surface area contributed by atoms with E-state index in [-0.39, 0.29) is 6.03 Å². The number of likely N-dealkylation sites (N-methyl/N-ethyl adjacent to an activating group) is 1. The third-order valence-corrected chi connectivity index (χ3v) is 6.93. The molecule has 0 aliphatic carbocycles. The molecule has 2 fully saturated rings. The summed E-state index contributed by atoms with van der Waals surface area (Å²) in [6.45, 7) is 11.7. The van der Waals surface area contributed by atoms with Gasteiger partial charge in [-0.05, 0) is 76.6 Å². The number of nitrogens with one attached hydrogen (secondary N) is 3. The van der Waals surface area contributed by atoms with Crippen LogP contribution < -0.4 is 16.1 Å². The van der Waals surface area contributed by atoms with Crippen LogP contribution in [-0.4, -0.2) is 73.2 Å². The maximum atomic E-state index is 12.5. The molecule has 0 saturated carbocycles. The van der Waals surface area contributed by atoms with Crippen LogP contribution in [-0.2, 0) is 9.31 Å². The molecule has 8 nitrogen and oxygen atoms in total. The van der Waals surface area contributed by atoms with Crippen molar-refractivity contribution >= 4 is 35.8 Å². The van der Waals surface area contributed by atoms with Crippen molar-refractivity contribution in [3.8, 4) is 0 Å². The van der Waals surface area contributed by atoms with Gasteiger partial charge in [-0.2, -0.15) is 0 Å². The molecule has 2 aromatic carbocycles. The summed E-state index contributed by atoms with van der Waals surface area (Å²) >= 11 is 0. The van der Waals surface area contributed by atoms with Crippen molar-refractivity contribution in [2.24, 2.45) is 0 Å². The molecule has 4 rings (SSSR count). The topological polar surface area (TPSA) is 89.9 Å². The first-order valence-corrected chi connectivity index (χ1v) is 11.7. The molecule has 34 heavy (non-hydrogen) atoms. The Morgan fingerprint density at radius 3 is 1.82 bits per heavy atom. The first kappa shape index (κ1) is 24.3. The number of urea groups is 1. The van der Waals surface area contributed by atoms with Crippen molar-refractivity contribution in [2.45, 2.75) is 38.9 Å². The fourth-order valence-electron chi connectivity index (χ4n) is 3.92. The Balaban J connectivity index is 1.30. The zero-order chi connectivity index (χ0) is 24.5. The van der Waals surface area contributed by atoms with Gasteiger partial charge in [0, 0.05) is 43.1 Å². The Hall–Kier alpha value is -2.88. The summed E-state index contributed by atoms with van der Waals surface area (Å²) in [5.41, 5.74) is 2.30. The second-order valence-electron chi connectivity index (χ2n) is 10.0. The Kier molecular flexibility index (Phi) is 6.71. The van der Waals surface area contributed by atoms with E-state index in [1.165, 1.54) is 0 Å². The van der Waals surface area contributed by atoms with Crippen LogP contribution in [0.4, 0.5) is 16.2 Å². The molecule has 0 atom stereocenters. The Bertz CT molecular complexity index is 1020. The number of hydrogen-bond donors (Lipinski definition) is 3. The lowest BCUT2D eigenvalue weighted by atomic mass is 9.79. The molecular weight excluding hydrogens is 429 g/mol. The maximum Gasteiger partial charge on any atom is 0.494 e. The molecule has 2 heterocycles. The van der Waals surface area contributed by atoms with E-state index in [9.17, 15) is 4.79 Å². The van der Waals surface area contributed by atoms with Gasteiger partial charge >= 0.3 is 13.1 Å². The number of amides is 2. The molecule has 9 heteroatoms. The number of hydrogen-bond acceptors (Lipinski definition) is 5. The van der Waals surface area contributed by atoms with Gasteiger partial charge in [0.15, 0.2) is 0 Å². The van der Waals surface area contributed by atoms with Crippen LogP contribution in [0.15, 0.2) is 48.5 Å². The molecule has 3 N–H and O–H groups in total. The average Bonchev–Trinajstić information content (AvgIpc) is 3.01. The Morgan fingerprint density at radius 1 is 0.853 bits per heavy atom. The lowest BCUT2D eigenvalue weighted by molar-refractivity contribution is 0.00578. The molecule has 2 aliphatic rings. The smallest absolute Gasteiger partial charge is 0.399 e. The van der Waals surface area contributed by atoms with Crippen LogP contribution in [0, 0.1) is 5.41 Å². The monoisotopic (exact) mass is 463 g/mol. The van der Waals surface area contributed by atoms with Gasteiger partial charge in [0.05, 0.1) is 11.2 Å². The first-order chi connectivity index (χ1) is 16.0. The predicted octanol–water partition coefficient (Wildman–Crippen LogP) is 3.20. The zero-order valence-corrected chi connectivity index (χ0v) is 20.6. The fraction of sp³-hybridized carbons (Fsp3) is 0.440. The summed E-state index contributed by atoms with van der Waals surface area (Å²) in [6.07, 6.45) is 0. The van der Waals surface area contributed by atoms with Crippen LogP contribution >= 0.6 is 0 Å². The van der Waals surface area contributed by atoms with Crippen LogP contribution in [0.5, 0.6) is 0 Å². The molecule has 2 saturated heterocycles. The molecule has 180 valence electrons. The lowest BCUT2D eigenvalue weighted by Crippen LogP contribution is -2.47. The highest BCUT2D eigenvalue weighted by Gasteiger charge is 2.51. The standard InChI is InChI=1S/C25H34BN5O3/c1-24(2)25(3,4)34-26(33-24)19-8-12-21(13-9-19)29-23(32)28-20-10-6-18(7-11-20)22(27)31-16-14-30(5)15-17-31/h6-13,27H,14-17H2,1-5H3,(H2,28,29,32). The van der Waals surface area contributed by atoms with Crippen molar-refractivity contribution in [1.29, 1.82) is 5.41 Å². The van der Waals surface area contributed by atoms with E-state index >= 15 is 0 Å². The number of amidine groups is 1. The number of carbonyl (C=O) groups excluding carboxylic acids is 1. The summed E-state index contributed by atoms with van der Waals surface area (Å²) in [4.78, 5) is 16.8. The quantitative estimate of drug-likeness (QED) is 0.368. The first-order valence-electron chi connectivity index (χ1n) is 11.7. The number of carbonyl (C=O) groups is 1. The second-order valence-corrected chi connectivity index (χ2v) is 10.0. The number of rotatable bonds is 4. The van der Waals surface area contributed by atoms with Gasteiger partial charge in [0.2, 0.25) is 0 Å². The van der Waals surface area contributed by atoms with Crippen LogP contribution in [0.2, 0.25) is 0 Å². The van der Waals surface area contributed by atoms with Crippen LogP contribution in [0.3, 0.4) is 0 Å². The van der Waals surface area contributed by atoms with Crippen molar-refractivity contribution in [2.75, 3.05) is 43.9 Å². The minimum absolute atomic E-state index is 0.328. The predicted molar refractivity (Wildman–Crippen MR) is 137 cm³/mol. The largest absolute Gasteiger partial charge is 0.494 e. The molecule has 2 amide bonds. The average molecular weight is 463 g/mol. The van der Waals surface area contributed by atoms with E-state index in [1.54, 1.807) is 0 Å². The molecule has 2 aliphatic heterocycles. The van der Waals surface area contributed by atoms with E-state index < -0.39 is 18.3 Å². The summed E-state index contributed by atoms with van der Waals surface area (Å²) in [6, 6.07) is 14.5. The minimum Gasteiger partial charge on any atom is -0.399 e. The van der Waals surface area contributed by atoms with Crippen molar-refractivity contribution in [3.05, 3.63) is 54.1 Å². The van der Waals surface area contributed by atoms with E-state index in [0.29, 0.717) is 17.2 Å². The molecule has 0 radical (unpaired) electrons. The van der Waals surface area contributed by atoms with E-state index in [2.05, 4.69) is 27.5 Å². The normalized spacial score (nSPS) is 19.7. The van der Waals surface area contributed by atoms with Crippen molar-refractivity contribution in [3.63, 3.8) is 0 Å². The third kappa shape index (κ3) is 5.27. The maximum absolute atomic E-state index is 12.5. The lowest BCUT2D eigenvalue weighted by Gasteiger charge is -2.34. The second kappa shape index (κ2) is 9.41. The van der Waals surface area contributed by atoms with Crippen molar-refractivity contribution < 1.29 is 14.1 Å². The number of nitrogens with zero attached hydrogens (tertiary/aromatic N) is 2. The van der Waals surface area contributed by atoms with Gasteiger partial charge in [0.1, 0.15) is 5.84 Å². The SMILES string of the molecule is CN1CCN(C(=N)c2ccc(NC(=O)Nc3ccc(B4OC(C)(C)C(C)(C)O4)cc3)cc2)CC1. The third-order valence-electron chi connectivity index (χ3n) is 6.93. The van der Waals surface area contributed by atoms with Gasteiger partial charge in [-0.25, -0.2) is 4.79 Å². The fourth-order valence-corrected chi connectivity index (χ4v) is 3.92. The van der Waals surface area contributed by atoms with Crippen LogP contribution in [0.1, 0.15) is 33.3 Å². The van der Waals surface area contributed by atoms with E-state index in [0.717, 1.165) is 37.2 Å². The highest BCUT2D eigenvalue weighted by Crippen LogP contribution is 2.36. The van der Waals surface area contributed by atoms with Gasteiger partial charge in [-0.1, -0.05) is 12.1 Å². The molecular formula is C25H34BN5O3. The van der Waals surface area contributed by atoms with Gasteiger partial charge in [-0.3, -0.25) is 5.41 Å². The van der Waals surface area contributed by atoms with Gasteiger partial charge in [0.25, 0.3) is 0 Å². The van der Waals surface area contributed by atoms with Crippen LogP contribution in [0.25, 0.3) is 0 Å². The summed E-state index contributed by atoms with van der Waals surface area (Å²) in [5.74, 6) is 0.520. The highest BCUT2D eigenvalue weighted by atomic mass is 16.7. The Labute approximate surface area is 202 Å². The van der Waals surface area contributed by atoms with Crippen molar-refractivity contribution in [1.82, 2.24) is 9.80 Å². The van der Waals surface area contributed by atoms with Gasteiger partial charge in [-0.15, -0.1) is 0 Å². The summed E-state index contributed by atoms with van der Waals surface area (Å²) < 4.78 is 12.2. The number of benzene rings is 2. The number of piperazine rings is 1. The summed E-state index contributed by atoms with van der Waals surface area (Å²) in [5, 5.41) is 14.2. The molecule has 0 aromatic heterocycles. The van der Waals surface area contributed by atoms with Gasteiger partial charge < -0.3 is 29.7 Å². The zero-order valence-electron chi connectivity index (χ0n) is 20.6. The summed E-state index contributed by atoms with van der Waals surface area (Å²) in [7, 11) is 1.66. The van der Waals surface area contributed by atoms with E-state index in [4.69, 9.17) is 14.7 Å². The molecule has 0 unspecified atom stereocenters. The highest BCUT2D eigenvalue weighted by molar-refractivity contribution is 6.62. The van der Waals surface area contributed by atoms with E-state index in [1.807, 2.05) is 76.2 Å². The molecule has 0 spiro atoms. The minimum atomic E-state index is -0.434. The molecule has 2 aromatic rings. The number of anilines is 2.